The molecule has 13 nitrogen and oxygen atoms in total. The Labute approximate surface area is 229 Å². The molecule has 40 heavy (non-hydrogen) atoms. The number of nitrogens with one attached hydrogen (secondary N) is 1. The van der Waals surface area contributed by atoms with Gasteiger partial charge in [-0.15, -0.1) is 0 Å². The first-order chi connectivity index (χ1) is 19.3. The summed E-state index contributed by atoms with van der Waals surface area (Å²) < 4.78 is 38.1. The van der Waals surface area contributed by atoms with Crippen molar-refractivity contribution in [2.75, 3.05) is 12.3 Å². The Kier molecular flexibility index (Phi) is 8.38. The van der Waals surface area contributed by atoms with Gasteiger partial charge in [0.2, 0.25) is 0 Å². The topological polar surface area (TPSA) is 173 Å². The highest BCUT2D eigenvalue weighted by atomic mass is 31.2. The van der Waals surface area contributed by atoms with E-state index >= 15 is 0 Å². The number of fused-ring (bicyclic) bond motifs is 1. The van der Waals surface area contributed by atoms with E-state index in [1.807, 2.05) is 30.3 Å². The van der Waals surface area contributed by atoms with Gasteiger partial charge in [-0.25, -0.2) is 19.5 Å². The minimum atomic E-state index is -4.11. The summed E-state index contributed by atoms with van der Waals surface area (Å²) >= 11 is 0. The number of aromatic nitrogens is 4. The molecule has 210 valence electrons. The van der Waals surface area contributed by atoms with Crippen LogP contribution in [0.15, 0.2) is 73.3 Å². The van der Waals surface area contributed by atoms with Crippen molar-refractivity contribution in [3.8, 4) is 5.75 Å². The molecule has 0 saturated carbocycles. The minimum Gasteiger partial charge on any atom is -0.460 e. The van der Waals surface area contributed by atoms with E-state index in [2.05, 4.69) is 20.0 Å². The Morgan fingerprint density at radius 1 is 1.18 bits per heavy atom. The molecule has 4 aromatic rings. The summed E-state index contributed by atoms with van der Waals surface area (Å²) in [5.74, 6) is -0.154. The minimum absolute atomic E-state index is 0.0606. The lowest BCUT2D eigenvalue weighted by Crippen LogP contribution is -2.35. The molecule has 2 aromatic carbocycles. The third-order valence-electron chi connectivity index (χ3n) is 6.16. The number of esters is 1. The number of nitrogens with zero attached hydrogens (tertiary/aromatic N) is 4. The molecule has 5 rings (SSSR count). The first-order valence-electron chi connectivity index (χ1n) is 12.6. The van der Waals surface area contributed by atoms with Crippen molar-refractivity contribution in [3.05, 3.63) is 78.9 Å². The average molecular weight is 569 g/mol. The van der Waals surface area contributed by atoms with Crippen molar-refractivity contribution in [2.45, 2.75) is 44.4 Å². The fraction of sp³-hybridized carbons (Fsp3) is 0.308. The van der Waals surface area contributed by atoms with E-state index in [4.69, 9.17) is 24.3 Å². The average Bonchev–Trinajstić information content (AvgIpc) is 3.55. The number of para-hydroxylation sites is 1. The van der Waals surface area contributed by atoms with Gasteiger partial charge in [0.1, 0.15) is 36.3 Å². The SMILES string of the molecule is C[C@H](NP(=O)(OC[C@@H]1C[C@H](O)C(n2cnc3c(N)ncnc32)O1)Oc1ccccc1)C(=O)OCc1ccccc1. The number of aliphatic hydroxyl groups excluding tert-OH is 1. The van der Waals surface area contributed by atoms with E-state index < -0.39 is 38.2 Å². The monoisotopic (exact) mass is 568 g/mol. The number of carbonyl (C=O) groups excluding carboxylic acids is 1. The van der Waals surface area contributed by atoms with Crippen molar-refractivity contribution in [1.82, 2.24) is 24.6 Å². The van der Waals surface area contributed by atoms with Crippen LogP contribution in [0.5, 0.6) is 5.75 Å². The summed E-state index contributed by atoms with van der Waals surface area (Å²) in [6.45, 7) is 1.35. The van der Waals surface area contributed by atoms with Crippen molar-refractivity contribution < 1.29 is 33.0 Å². The molecule has 1 saturated heterocycles. The smallest absolute Gasteiger partial charge is 0.459 e. The Bertz CT molecular complexity index is 1490. The normalized spacial score (nSPS) is 21.1. The highest BCUT2D eigenvalue weighted by Gasteiger charge is 2.39. The van der Waals surface area contributed by atoms with Gasteiger partial charge >= 0.3 is 13.7 Å². The largest absolute Gasteiger partial charge is 0.460 e. The molecule has 1 fully saturated rings. The predicted octanol–water partition coefficient (Wildman–Crippen LogP) is 2.98. The van der Waals surface area contributed by atoms with Crippen LogP contribution in [0.25, 0.3) is 11.2 Å². The van der Waals surface area contributed by atoms with Gasteiger partial charge in [-0.05, 0) is 24.6 Å². The van der Waals surface area contributed by atoms with Crippen molar-refractivity contribution >= 4 is 30.7 Å². The first-order valence-corrected chi connectivity index (χ1v) is 14.1. The highest BCUT2D eigenvalue weighted by molar-refractivity contribution is 7.52. The molecule has 14 heteroatoms. The number of nitrogens with two attached hydrogens (primary N) is 1. The molecule has 0 radical (unpaired) electrons. The maximum absolute atomic E-state index is 13.8. The fourth-order valence-electron chi connectivity index (χ4n) is 4.18. The van der Waals surface area contributed by atoms with Gasteiger partial charge in [-0.1, -0.05) is 48.5 Å². The van der Waals surface area contributed by atoms with E-state index in [1.165, 1.54) is 19.6 Å². The summed E-state index contributed by atoms with van der Waals surface area (Å²) in [4.78, 5) is 25.0. The van der Waals surface area contributed by atoms with Gasteiger partial charge in [0.05, 0.1) is 19.0 Å². The van der Waals surface area contributed by atoms with Crippen LogP contribution in [-0.4, -0.2) is 55.5 Å². The van der Waals surface area contributed by atoms with Crippen molar-refractivity contribution in [2.24, 2.45) is 0 Å². The highest BCUT2D eigenvalue weighted by Crippen LogP contribution is 2.46. The summed E-state index contributed by atoms with van der Waals surface area (Å²) in [5, 5.41) is 13.4. The van der Waals surface area contributed by atoms with Crippen molar-refractivity contribution in [3.63, 3.8) is 0 Å². The van der Waals surface area contributed by atoms with Crippen LogP contribution in [0.2, 0.25) is 0 Å². The van der Waals surface area contributed by atoms with Crippen LogP contribution < -0.4 is 15.3 Å². The van der Waals surface area contributed by atoms with Crippen LogP contribution in [0, 0.1) is 0 Å². The number of rotatable bonds is 11. The lowest BCUT2D eigenvalue weighted by atomic mass is 10.2. The van der Waals surface area contributed by atoms with Crippen LogP contribution in [-0.2, 0) is 30.0 Å². The summed E-state index contributed by atoms with van der Waals surface area (Å²) in [6, 6.07) is 16.6. The number of nitrogen functional groups attached to an aromatic ring is 1. The summed E-state index contributed by atoms with van der Waals surface area (Å²) in [6.07, 6.45) is 0.503. The van der Waals surface area contributed by atoms with Gasteiger partial charge in [-0.2, -0.15) is 5.09 Å². The van der Waals surface area contributed by atoms with Crippen LogP contribution in [0.4, 0.5) is 5.82 Å². The number of anilines is 1. The maximum Gasteiger partial charge on any atom is 0.459 e. The molecule has 0 bridgehead atoms. The quantitative estimate of drug-likeness (QED) is 0.179. The zero-order valence-corrected chi connectivity index (χ0v) is 22.5. The molecule has 2 aromatic heterocycles. The molecule has 0 spiro atoms. The van der Waals surface area contributed by atoms with Crippen LogP contribution >= 0.6 is 7.75 Å². The number of ether oxygens (including phenoxy) is 2. The Hall–Kier alpha value is -3.87. The number of imidazole rings is 1. The number of benzene rings is 2. The summed E-state index contributed by atoms with van der Waals surface area (Å²) in [5.41, 5.74) is 7.47. The molecule has 1 aliphatic heterocycles. The second kappa shape index (κ2) is 12.1. The van der Waals surface area contributed by atoms with E-state index in [0.29, 0.717) is 11.2 Å². The zero-order chi connectivity index (χ0) is 28.1. The van der Waals surface area contributed by atoms with Crippen molar-refractivity contribution in [1.29, 1.82) is 0 Å². The second-order valence-electron chi connectivity index (χ2n) is 9.18. The van der Waals surface area contributed by atoms with Gasteiger partial charge in [-0.3, -0.25) is 13.9 Å². The number of hydrogen-bond donors (Lipinski definition) is 3. The van der Waals surface area contributed by atoms with Gasteiger partial charge in [0.15, 0.2) is 17.7 Å². The number of carbonyl (C=O) groups is 1. The Morgan fingerprint density at radius 2 is 1.90 bits per heavy atom. The predicted molar refractivity (Wildman–Crippen MR) is 144 cm³/mol. The zero-order valence-electron chi connectivity index (χ0n) is 21.6. The molecular formula is C26H29N6O7P. The lowest BCUT2D eigenvalue weighted by Gasteiger charge is -2.24. The van der Waals surface area contributed by atoms with E-state index in [-0.39, 0.29) is 31.2 Å². The molecule has 0 amide bonds. The molecule has 1 aliphatic rings. The standard InChI is InChI=1S/C26H29N6O7P/c1-17(26(34)36-13-18-8-4-2-5-9-18)31-40(35,39-19-10-6-3-7-11-19)37-14-20-12-21(33)25(38-20)32-16-30-22-23(27)28-15-29-24(22)32/h2-11,15-17,20-21,25,33H,12-14H2,1H3,(H,31,35)(H2,27,28,29)/t17-,20-,21-,25?,40?/m0/s1. The molecule has 4 N–H and O–H groups in total. The third kappa shape index (κ3) is 6.46. The Balaban J connectivity index is 1.25. The second-order valence-corrected chi connectivity index (χ2v) is 10.9. The molecular weight excluding hydrogens is 539 g/mol. The van der Waals surface area contributed by atoms with E-state index in [9.17, 15) is 14.5 Å². The molecule has 2 unspecified atom stereocenters. The van der Waals surface area contributed by atoms with Gasteiger partial charge < -0.3 is 24.8 Å². The molecule has 0 aliphatic carbocycles. The van der Waals surface area contributed by atoms with E-state index in [0.717, 1.165) is 5.56 Å². The summed E-state index contributed by atoms with van der Waals surface area (Å²) in [7, 11) is -4.11. The lowest BCUT2D eigenvalue weighted by molar-refractivity contribution is -0.146. The fourth-order valence-corrected chi connectivity index (χ4v) is 5.70. The van der Waals surface area contributed by atoms with Crippen LogP contribution in [0.3, 0.4) is 0 Å². The van der Waals surface area contributed by atoms with Gasteiger partial charge in [0, 0.05) is 6.42 Å². The van der Waals surface area contributed by atoms with Gasteiger partial charge in [0.25, 0.3) is 0 Å². The molecule has 3 heterocycles. The number of hydrogen-bond acceptors (Lipinski definition) is 11. The maximum atomic E-state index is 13.8. The number of aliphatic hydroxyl groups is 1. The molecule has 5 atom stereocenters. The first kappa shape index (κ1) is 27.7. The Morgan fingerprint density at radius 3 is 2.65 bits per heavy atom. The van der Waals surface area contributed by atoms with Crippen LogP contribution in [0.1, 0.15) is 25.1 Å². The van der Waals surface area contributed by atoms with E-state index in [1.54, 1.807) is 34.9 Å². The third-order valence-corrected chi connectivity index (χ3v) is 7.80.